The number of pyridine rings is 1. The highest BCUT2D eigenvalue weighted by molar-refractivity contribution is 5.53. The molecule has 0 aromatic carbocycles. The number of anilines is 1. The number of aromatic nitrogens is 1. The maximum absolute atomic E-state index is 10.4. The lowest BCUT2D eigenvalue weighted by atomic mass is 10.4. The zero-order chi connectivity index (χ0) is 8.97. The summed E-state index contributed by atoms with van der Waals surface area (Å²) < 4.78 is 0. The molecule has 6 nitrogen and oxygen atoms in total. The number of nitro groups is 1. The summed E-state index contributed by atoms with van der Waals surface area (Å²) in [4.78, 5) is 18.0. The van der Waals surface area contributed by atoms with Crippen molar-refractivity contribution in [3.63, 3.8) is 0 Å². The van der Waals surface area contributed by atoms with Crippen LogP contribution in [0, 0.1) is 10.1 Å². The highest BCUT2D eigenvalue weighted by atomic mass is 16.6. The van der Waals surface area contributed by atoms with Gasteiger partial charge in [-0.05, 0) is 6.07 Å². The van der Waals surface area contributed by atoms with Gasteiger partial charge in [0.2, 0.25) is 5.82 Å². The second-order valence-corrected chi connectivity index (χ2v) is 1.93. The second kappa shape index (κ2) is 3.63. The van der Waals surface area contributed by atoms with Crippen LogP contribution in [0.5, 0.6) is 0 Å². The molecular formula is C6H7N3O3. The van der Waals surface area contributed by atoms with Crippen molar-refractivity contribution in [3.05, 3.63) is 28.4 Å². The molecule has 1 N–H and O–H groups in total. The largest absolute Gasteiger partial charge is 0.313 e. The minimum atomic E-state index is -0.533. The van der Waals surface area contributed by atoms with E-state index in [9.17, 15) is 10.1 Å². The smallest absolute Gasteiger partial charge is 0.278 e. The summed E-state index contributed by atoms with van der Waals surface area (Å²) in [5.41, 5.74) is 2.19. The molecule has 0 spiro atoms. The summed E-state index contributed by atoms with van der Waals surface area (Å²) in [5, 5.41) is 10.4. The van der Waals surface area contributed by atoms with Crippen LogP contribution in [0.15, 0.2) is 18.3 Å². The van der Waals surface area contributed by atoms with Crippen molar-refractivity contribution in [3.8, 4) is 0 Å². The van der Waals surface area contributed by atoms with Gasteiger partial charge in [0.05, 0.1) is 12.0 Å². The van der Waals surface area contributed by atoms with Gasteiger partial charge < -0.3 is 0 Å². The molecule has 64 valence electrons. The monoisotopic (exact) mass is 169 g/mol. The van der Waals surface area contributed by atoms with Gasteiger partial charge in [-0.15, -0.1) is 0 Å². The van der Waals surface area contributed by atoms with Gasteiger partial charge in [-0.1, -0.05) is 0 Å². The molecule has 6 heteroatoms. The van der Waals surface area contributed by atoms with Crippen molar-refractivity contribution in [1.82, 2.24) is 4.98 Å². The fourth-order valence-electron chi connectivity index (χ4n) is 0.719. The Labute approximate surface area is 68.3 Å². The predicted molar refractivity (Wildman–Crippen MR) is 41.5 cm³/mol. The Balaban J connectivity index is 3.00. The van der Waals surface area contributed by atoms with Crippen molar-refractivity contribution in [2.24, 2.45) is 0 Å². The Morgan fingerprint density at radius 2 is 2.50 bits per heavy atom. The number of nitrogens with zero attached hydrogens (tertiary/aromatic N) is 2. The molecule has 1 heterocycles. The normalized spacial score (nSPS) is 9.42. The van der Waals surface area contributed by atoms with Crippen molar-refractivity contribution in [2.75, 3.05) is 12.6 Å². The van der Waals surface area contributed by atoms with E-state index in [2.05, 4.69) is 15.3 Å². The standard InChI is InChI=1S/C6H7N3O3/c1-12-8-6-5(9(10)11)3-2-4-7-6/h2-4H,1H3,(H,7,8). The minimum Gasteiger partial charge on any atom is -0.278 e. The fourth-order valence-corrected chi connectivity index (χ4v) is 0.719. The number of hydrogen-bond donors (Lipinski definition) is 1. The zero-order valence-electron chi connectivity index (χ0n) is 6.35. The van der Waals surface area contributed by atoms with Gasteiger partial charge in [-0.2, -0.15) is 0 Å². The topological polar surface area (TPSA) is 77.3 Å². The van der Waals surface area contributed by atoms with Gasteiger partial charge in [0.25, 0.3) is 0 Å². The SMILES string of the molecule is CONc1ncccc1[N+](=O)[O-]. The van der Waals surface area contributed by atoms with Gasteiger partial charge >= 0.3 is 5.69 Å². The van der Waals surface area contributed by atoms with Crippen LogP contribution < -0.4 is 5.48 Å². The number of rotatable bonds is 3. The highest BCUT2D eigenvalue weighted by Crippen LogP contribution is 2.19. The molecule has 0 unspecified atom stereocenters. The van der Waals surface area contributed by atoms with E-state index in [0.29, 0.717) is 0 Å². The molecule has 1 aromatic heterocycles. The second-order valence-electron chi connectivity index (χ2n) is 1.93. The van der Waals surface area contributed by atoms with Crippen LogP contribution >= 0.6 is 0 Å². The van der Waals surface area contributed by atoms with Gasteiger partial charge in [0.1, 0.15) is 0 Å². The van der Waals surface area contributed by atoms with Crippen LogP contribution in [0.2, 0.25) is 0 Å². The Morgan fingerprint density at radius 1 is 1.75 bits per heavy atom. The lowest BCUT2D eigenvalue weighted by molar-refractivity contribution is -0.384. The molecule has 0 aliphatic carbocycles. The van der Waals surface area contributed by atoms with Crippen LogP contribution in [0.3, 0.4) is 0 Å². The van der Waals surface area contributed by atoms with Crippen LogP contribution in [0.25, 0.3) is 0 Å². The lowest BCUT2D eigenvalue weighted by Gasteiger charge is -2.00. The molecule has 0 aliphatic rings. The van der Waals surface area contributed by atoms with E-state index in [1.165, 1.54) is 25.4 Å². The first-order chi connectivity index (χ1) is 5.75. The Morgan fingerprint density at radius 3 is 3.08 bits per heavy atom. The molecule has 12 heavy (non-hydrogen) atoms. The van der Waals surface area contributed by atoms with E-state index in [-0.39, 0.29) is 11.5 Å². The summed E-state index contributed by atoms with van der Waals surface area (Å²) in [7, 11) is 1.36. The third kappa shape index (κ3) is 1.67. The van der Waals surface area contributed by atoms with Gasteiger partial charge in [-0.25, -0.2) is 10.5 Å². The average molecular weight is 169 g/mol. The summed E-state index contributed by atoms with van der Waals surface area (Å²) >= 11 is 0. The molecule has 1 rings (SSSR count). The van der Waals surface area contributed by atoms with E-state index in [1.54, 1.807) is 0 Å². The highest BCUT2D eigenvalue weighted by Gasteiger charge is 2.12. The summed E-state index contributed by atoms with van der Waals surface area (Å²) in [5.74, 6) is 0.102. The van der Waals surface area contributed by atoms with Crippen LogP contribution in [-0.2, 0) is 4.84 Å². The molecule has 0 fully saturated rings. The quantitative estimate of drug-likeness (QED) is 0.538. The Bertz CT molecular complexity index is 289. The summed E-state index contributed by atoms with van der Waals surface area (Å²) in [6.45, 7) is 0. The van der Waals surface area contributed by atoms with E-state index in [0.717, 1.165) is 0 Å². The third-order valence-corrected chi connectivity index (χ3v) is 1.18. The molecule has 0 atom stereocenters. The van der Waals surface area contributed by atoms with E-state index in [1.807, 2.05) is 0 Å². The lowest BCUT2D eigenvalue weighted by Crippen LogP contribution is -2.01. The van der Waals surface area contributed by atoms with Gasteiger partial charge in [0.15, 0.2) is 0 Å². The first kappa shape index (κ1) is 8.41. The maximum Gasteiger partial charge on any atom is 0.313 e. The first-order valence-electron chi connectivity index (χ1n) is 3.14. The predicted octanol–water partition coefficient (Wildman–Crippen LogP) is 0.963. The van der Waals surface area contributed by atoms with Crippen LogP contribution in [0.1, 0.15) is 0 Å². The minimum absolute atomic E-state index is 0.102. The average Bonchev–Trinajstić information content (AvgIpc) is 2.05. The van der Waals surface area contributed by atoms with E-state index < -0.39 is 4.92 Å². The van der Waals surface area contributed by atoms with Crippen molar-refractivity contribution < 1.29 is 9.76 Å². The Hall–Kier alpha value is -1.69. The molecule has 0 saturated carbocycles. The molecule has 0 bridgehead atoms. The molecule has 1 aromatic rings. The Kier molecular flexibility index (Phi) is 2.54. The van der Waals surface area contributed by atoms with Gasteiger partial charge in [0, 0.05) is 12.3 Å². The number of hydrogen-bond acceptors (Lipinski definition) is 5. The van der Waals surface area contributed by atoms with E-state index in [4.69, 9.17) is 0 Å². The molecule has 0 saturated heterocycles. The van der Waals surface area contributed by atoms with Crippen molar-refractivity contribution >= 4 is 11.5 Å². The molecule has 0 aliphatic heterocycles. The fraction of sp³-hybridized carbons (Fsp3) is 0.167. The maximum atomic E-state index is 10.4. The van der Waals surface area contributed by atoms with E-state index >= 15 is 0 Å². The first-order valence-corrected chi connectivity index (χ1v) is 3.14. The van der Waals surface area contributed by atoms with Gasteiger partial charge in [-0.3, -0.25) is 15.0 Å². The summed E-state index contributed by atoms with van der Waals surface area (Å²) in [6.07, 6.45) is 1.44. The van der Waals surface area contributed by atoms with Crippen LogP contribution in [-0.4, -0.2) is 17.0 Å². The number of nitrogens with one attached hydrogen (secondary N) is 1. The van der Waals surface area contributed by atoms with Crippen molar-refractivity contribution in [2.45, 2.75) is 0 Å². The summed E-state index contributed by atoms with van der Waals surface area (Å²) in [6, 6.07) is 2.83. The van der Waals surface area contributed by atoms with Crippen molar-refractivity contribution in [1.29, 1.82) is 0 Å². The molecule has 0 radical (unpaired) electrons. The third-order valence-electron chi connectivity index (χ3n) is 1.18. The van der Waals surface area contributed by atoms with Crippen LogP contribution in [0.4, 0.5) is 11.5 Å². The zero-order valence-corrected chi connectivity index (χ0v) is 6.35. The molecular weight excluding hydrogens is 162 g/mol. The molecule has 0 amide bonds.